The predicted octanol–water partition coefficient (Wildman–Crippen LogP) is 6.44. The lowest BCUT2D eigenvalue weighted by molar-refractivity contribution is -0.362. The first-order valence-electron chi connectivity index (χ1n) is 21.5. The van der Waals surface area contributed by atoms with Gasteiger partial charge >= 0.3 is 11.9 Å². The van der Waals surface area contributed by atoms with Gasteiger partial charge in [-0.25, -0.2) is 10.2 Å². The van der Waals surface area contributed by atoms with E-state index < -0.39 is 51.7 Å². The number of aliphatic hydroxyl groups is 3. The van der Waals surface area contributed by atoms with Crippen molar-refractivity contribution in [1.29, 1.82) is 0 Å². The fourth-order valence-corrected chi connectivity index (χ4v) is 13.8. The zero-order valence-corrected chi connectivity index (χ0v) is 33.3. The number of benzene rings is 1. The number of carbonyl (C=O) groups excluding carboxylic acids is 2. The van der Waals surface area contributed by atoms with E-state index in [-0.39, 0.29) is 55.6 Å². The first-order chi connectivity index (χ1) is 26.3. The van der Waals surface area contributed by atoms with E-state index in [1.807, 2.05) is 13.0 Å². The lowest BCUT2D eigenvalue weighted by Gasteiger charge is -2.73. The number of fused-ring (bicyclic) bond motifs is 3. The molecule has 9 nitrogen and oxygen atoms in total. The maximum Gasteiger partial charge on any atom is 0.331 e. The van der Waals surface area contributed by atoms with Gasteiger partial charge in [0.2, 0.25) is 0 Å². The maximum absolute atomic E-state index is 14.1. The van der Waals surface area contributed by atoms with E-state index in [1.165, 1.54) is 37.3 Å². The minimum absolute atomic E-state index is 0.112. The summed E-state index contributed by atoms with van der Waals surface area (Å²) in [4.78, 5) is 26.1. The highest BCUT2D eigenvalue weighted by Gasteiger charge is 2.82. The van der Waals surface area contributed by atoms with E-state index in [1.54, 1.807) is 0 Å². The molecule has 0 aromatic heterocycles. The van der Waals surface area contributed by atoms with Crippen molar-refractivity contribution >= 4 is 11.9 Å². The highest BCUT2D eigenvalue weighted by molar-refractivity contribution is 5.85. The number of rotatable bonds is 11. The van der Waals surface area contributed by atoms with Gasteiger partial charge in [0.15, 0.2) is 5.72 Å². The molecule has 2 bridgehead atoms. The molecule has 4 saturated carbocycles. The molecule has 3 heterocycles. The van der Waals surface area contributed by atoms with Crippen LogP contribution in [0, 0.1) is 51.3 Å². The Morgan fingerprint density at radius 2 is 1.80 bits per heavy atom. The number of aryl methyl sites for hydroxylation is 1. The van der Waals surface area contributed by atoms with Crippen molar-refractivity contribution in [2.24, 2.45) is 39.4 Å². The number of carbonyl (C=O) groups is 2. The molecule has 4 aliphatic carbocycles. The zero-order chi connectivity index (χ0) is 38.7. The summed E-state index contributed by atoms with van der Waals surface area (Å²) in [7, 11) is 0. The molecular weight excluding hydrogens is 693 g/mol. The van der Waals surface area contributed by atoms with Crippen LogP contribution in [-0.4, -0.2) is 63.4 Å². The molecule has 8 rings (SSSR count). The first-order valence-corrected chi connectivity index (χ1v) is 21.5. The van der Waals surface area contributed by atoms with Crippen LogP contribution in [0.2, 0.25) is 0 Å². The second-order valence-electron chi connectivity index (χ2n) is 19.5. The fraction of sp³-hybridized carbons (Fsp3) is 0.739. The standard InChI is InChI=1S/C46H64N2O7/c1-31(12-11-15-32-13-5-4-6-14-32)17-18-36(49)46-37(50)20-24-42(3)34-27-43(22-9-10-23-43)28-35(34)47-48-44(40(42)46)30-41(2,21-8-7-16-38(51)55-44)45(46,53)25-19-33-26-39(52)54-29-33/h4-6,13-14,26,31,34-37,40,47-50,53H,7,9-12,15-20,22-25,27-30H2,1-3H3/t31-,34+,35+,36+,37-,40?,41+,42-,44+,45-,46+/m1/s1. The minimum Gasteiger partial charge on any atom is -0.458 e. The molecule has 9 heteroatoms. The Morgan fingerprint density at radius 3 is 2.55 bits per heavy atom. The summed E-state index contributed by atoms with van der Waals surface area (Å²) in [5.74, 6) is 5.82. The summed E-state index contributed by atoms with van der Waals surface area (Å²) < 4.78 is 12.1. The van der Waals surface area contributed by atoms with Gasteiger partial charge in [0.05, 0.1) is 35.1 Å². The third-order valence-corrected chi connectivity index (χ3v) is 16.3. The van der Waals surface area contributed by atoms with Gasteiger partial charge in [-0.2, -0.15) is 0 Å². The molecule has 0 radical (unpaired) electrons. The molecule has 0 amide bonds. The summed E-state index contributed by atoms with van der Waals surface area (Å²) in [5, 5.41) is 40.3. The lowest BCUT2D eigenvalue weighted by atomic mass is 9.34. The van der Waals surface area contributed by atoms with Gasteiger partial charge < -0.3 is 24.8 Å². The van der Waals surface area contributed by atoms with Crippen LogP contribution in [0.4, 0.5) is 0 Å². The summed E-state index contributed by atoms with van der Waals surface area (Å²) in [6.45, 7) is 6.66. The van der Waals surface area contributed by atoms with Gasteiger partial charge in [0.25, 0.3) is 0 Å². The number of nitrogens with one attached hydrogen (secondary N) is 2. The topological polar surface area (TPSA) is 137 Å². The Balaban J connectivity index is 1.24. The zero-order valence-electron chi connectivity index (χ0n) is 33.3. The molecule has 2 spiro atoms. The third kappa shape index (κ3) is 6.41. The molecule has 55 heavy (non-hydrogen) atoms. The molecule has 1 aromatic rings. The van der Waals surface area contributed by atoms with Crippen molar-refractivity contribution in [2.45, 2.75) is 166 Å². The molecular formula is C46H64N2O7. The second kappa shape index (κ2) is 14.6. The SMILES string of the molecule is C[C@H](CCCc1ccccc1)CC[C@H](O)[C@]12C3[C@@]4(C[C@](C)(C#CCCC(=O)O4)[C@]1(O)CCC1=CC(=O)OC1)NN[C@H]1CC4(CCCC4)C[C@@H]1[C@@]3(C)CC[C@H]2O. The van der Waals surface area contributed by atoms with E-state index in [0.29, 0.717) is 38.0 Å². The third-order valence-electron chi connectivity index (χ3n) is 16.3. The summed E-state index contributed by atoms with van der Waals surface area (Å²) >= 11 is 0. The Kier molecular flexibility index (Phi) is 10.4. The van der Waals surface area contributed by atoms with Crippen LogP contribution in [0.1, 0.15) is 135 Å². The van der Waals surface area contributed by atoms with Gasteiger partial charge in [-0.3, -0.25) is 10.2 Å². The van der Waals surface area contributed by atoms with Crippen molar-refractivity contribution in [3.05, 3.63) is 47.5 Å². The molecule has 1 unspecified atom stereocenters. The number of esters is 2. The highest BCUT2D eigenvalue weighted by Crippen LogP contribution is 2.75. The Hall–Kier alpha value is -2.74. The lowest BCUT2D eigenvalue weighted by Crippen LogP contribution is -2.84. The van der Waals surface area contributed by atoms with Gasteiger partial charge in [0.1, 0.15) is 6.61 Å². The number of hydrogen-bond acceptors (Lipinski definition) is 9. The number of aliphatic hydroxyl groups excluding tert-OH is 2. The largest absolute Gasteiger partial charge is 0.458 e. The van der Waals surface area contributed by atoms with Crippen LogP contribution in [0.5, 0.6) is 0 Å². The molecule has 11 atom stereocenters. The number of hydrazine groups is 1. The number of hydrogen-bond donors (Lipinski definition) is 5. The van der Waals surface area contributed by atoms with Gasteiger partial charge in [-0.05, 0) is 118 Å². The fourth-order valence-electron chi connectivity index (χ4n) is 13.8. The minimum atomic E-state index is -1.73. The van der Waals surface area contributed by atoms with E-state index in [4.69, 9.17) is 9.47 Å². The molecule has 7 aliphatic rings. The Bertz CT molecular complexity index is 1710. The van der Waals surface area contributed by atoms with Crippen molar-refractivity contribution < 1.29 is 34.4 Å². The first kappa shape index (κ1) is 39.1. The molecule has 5 fully saturated rings. The van der Waals surface area contributed by atoms with Crippen LogP contribution in [0.3, 0.4) is 0 Å². The molecule has 300 valence electrons. The van der Waals surface area contributed by atoms with Gasteiger partial charge in [0, 0.05) is 30.9 Å². The number of ether oxygens (including phenoxy) is 2. The quantitative estimate of drug-likeness (QED) is 0.128. The molecule has 5 N–H and O–H groups in total. The van der Waals surface area contributed by atoms with Crippen molar-refractivity contribution in [3.8, 4) is 11.8 Å². The average Bonchev–Trinajstić information content (AvgIpc) is 3.90. The molecule has 1 aromatic carbocycles. The number of cyclic esters (lactones) is 1. The van der Waals surface area contributed by atoms with E-state index in [9.17, 15) is 24.9 Å². The second-order valence-corrected chi connectivity index (χ2v) is 19.5. The van der Waals surface area contributed by atoms with Crippen molar-refractivity contribution in [3.63, 3.8) is 0 Å². The smallest absolute Gasteiger partial charge is 0.331 e. The summed E-state index contributed by atoms with van der Waals surface area (Å²) in [5.41, 5.74) is 3.46. The van der Waals surface area contributed by atoms with E-state index in [0.717, 1.165) is 37.7 Å². The van der Waals surface area contributed by atoms with Crippen LogP contribution in [-0.2, 0) is 25.5 Å². The van der Waals surface area contributed by atoms with Crippen LogP contribution >= 0.6 is 0 Å². The average molecular weight is 757 g/mol. The summed E-state index contributed by atoms with van der Waals surface area (Å²) in [6.07, 6.45) is 12.5. The van der Waals surface area contributed by atoms with Crippen LogP contribution in [0.25, 0.3) is 0 Å². The summed E-state index contributed by atoms with van der Waals surface area (Å²) in [6, 6.07) is 10.6. The van der Waals surface area contributed by atoms with Crippen molar-refractivity contribution in [1.82, 2.24) is 10.9 Å². The monoisotopic (exact) mass is 756 g/mol. The normalized spacial score (nSPS) is 41.2. The van der Waals surface area contributed by atoms with Crippen LogP contribution < -0.4 is 10.9 Å². The predicted molar refractivity (Wildman–Crippen MR) is 209 cm³/mol. The Labute approximate surface area is 327 Å². The molecule has 3 aliphatic heterocycles. The Morgan fingerprint density at radius 1 is 1.02 bits per heavy atom. The highest BCUT2D eigenvalue weighted by atomic mass is 16.6. The van der Waals surface area contributed by atoms with Gasteiger partial charge in [-0.1, -0.05) is 69.4 Å². The van der Waals surface area contributed by atoms with Crippen molar-refractivity contribution in [2.75, 3.05) is 6.61 Å². The van der Waals surface area contributed by atoms with E-state index >= 15 is 0 Å². The molecule has 1 saturated heterocycles. The van der Waals surface area contributed by atoms with Crippen LogP contribution in [0.15, 0.2) is 42.0 Å². The van der Waals surface area contributed by atoms with Gasteiger partial charge in [-0.15, -0.1) is 5.92 Å². The van der Waals surface area contributed by atoms with E-state index in [2.05, 4.69) is 60.8 Å². The maximum atomic E-state index is 14.1.